The fourth-order valence-electron chi connectivity index (χ4n) is 0.968. The zero-order valence-electron chi connectivity index (χ0n) is 8.94. The van der Waals surface area contributed by atoms with Crippen LogP contribution in [-0.4, -0.2) is 13.4 Å². The highest BCUT2D eigenvalue weighted by atomic mass is 19.5. The lowest BCUT2D eigenvalue weighted by atomic mass is 10.2. The van der Waals surface area contributed by atoms with Crippen LogP contribution < -0.4 is 4.57 Å². The summed E-state index contributed by atoms with van der Waals surface area (Å²) in [6, 6.07) is 4.01. The van der Waals surface area contributed by atoms with Crippen molar-refractivity contribution in [3.8, 4) is 0 Å². The predicted octanol–water partition coefficient (Wildman–Crippen LogP) is 3.38. The average Bonchev–Trinajstić information content (AvgIpc) is 2.13. The smallest absolute Gasteiger partial charge is 0.418 e. The van der Waals surface area contributed by atoms with Crippen molar-refractivity contribution in [1.82, 2.24) is 0 Å². The van der Waals surface area contributed by atoms with Crippen molar-refractivity contribution in [3.63, 3.8) is 0 Å². The maximum Gasteiger partial charge on any atom is 0.673 e. The number of halogens is 8. The van der Waals surface area contributed by atoms with Crippen LogP contribution in [0.5, 0.6) is 0 Å². The lowest BCUT2D eigenvalue weighted by molar-refractivity contribution is -0.684. The summed E-state index contributed by atoms with van der Waals surface area (Å²) in [7, 11) is -4.63. The maximum atomic E-state index is 12.8. The molecular formula is C8H8BF8N. The molecule has 1 atom stereocenters. The van der Waals surface area contributed by atoms with E-state index in [9.17, 15) is 34.8 Å². The second kappa shape index (κ2) is 6.01. The number of rotatable bonds is 1. The molecule has 0 fully saturated rings. The van der Waals surface area contributed by atoms with Crippen molar-refractivity contribution in [2.24, 2.45) is 7.05 Å². The molecule has 0 N–H and O–H groups in total. The highest BCUT2D eigenvalue weighted by Gasteiger charge is 2.45. The van der Waals surface area contributed by atoms with Crippen LogP contribution in [0, 0.1) is 0 Å². The van der Waals surface area contributed by atoms with Crippen LogP contribution in [-0.2, 0) is 7.05 Å². The van der Waals surface area contributed by atoms with Crippen molar-refractivity contribution < 1.29 is 39.4 Å². The summed E-state index contributed by atoms with van der Waals surface area (Å²) in [5.41, 5.74) is -0.394. The van der Waals surface area contributed by atoms with Crippen LogP contribution in [0.3, 0.4) is 0 Å². The highest BCUT2D eigenvalue weighted by molar-refractivity contribution is 6.50. The van der Waals surface area contributed by atoms with Gasteiger partial charge in [0.25, 0.3) is 6.17 Å². The molecule has 0 saturated carbocycles. The SMILES string of the molecule is C[n+]1ccccc1C(F)C(F)(F)F.F[B-](F)(F)F. The Morgan fingerprint density at radius 1 is 1.11 bits per heavy atom. The van der Waals surface area contributed by atoms with Crippen molar-refractivity contribution in [2.75, 3.05) is 0 Å². The van der Waals surface area contributed by atoms with Gasteiger partial charge in [-0.2, -0.15) is 13.2 Å². The van der Waals surface area contributed by atoms with Crippen molar-refractivity contribution >= 4 is 7.25 Å². The first-order chi connectivity index (χ1) is 7.93. The lowest BCUT2D eigenvalue weighted by Gasteiger charge is -2.09. The van der Waals surface area contributed by atoms with Gasteiger partial charge in [0.2, 0.25) is 5.69 Å². The minimum atomic E-state index is -6.00. The monoisotopic (exact) mass is 281 g/mol. The van der Waals surface area contributed by atoms with Crippen molar-refractivity contribution in [1.29, 1.82) is 0 Å². The molecule has 1 aromatic heterocycles. The van der Waals surface area contributed by atoms with Gasteiger partial charge in [-0.05, 0) is 6.07 Å². The normalized spacial score (nSPS) is 13.6. The van der Waals surface area contributed by atoms with Crippen LogP contribution in [0.2, 0.25) is 0 Å². The molecule has 10 heteroatoms. The summed E-state index contributed by atoms with van der Waals surface area (Å²) in [5, 5.41) is 0. The predicted molar refractivity (Wildman–Crippen MR) is 47.7 cm³/mol. The summed E-state index contributed by atoms with van der Waals surface area (Å²) >= 11 is 0. The largest absolute Gasteiger partial charge is 0.673 e. The molecule has 1 heterocycles. The minimum absolute atomic E-state index is 0.394. The molecule has 0 aliphatic rings. The van der Waals surface area contributed by atoms with Gasteiger partial charge in [-0.25, -0.2) is 8.96 Å². The molecule has 104 valence electrons. The molecule has 0 aliphatic heterocycles. The molecule has 0 aliphatic carbocycles. The zero-order valence-corrected chi connectivity index (χ0v) is 8.94. The van der Waals surface area contributed by atoms with E-state index in [1.807, 2.05) is 0 Å². The minimum Gasteiger partial charge on any atom is -0.418 e. The van der Waals surface area contributed by atoms with Crippen LogP contribution in [0.1, 0.15) is 11.9 Å². The summed E-state index contributed by atoms with van der Waals surface area (Å²) in [6.45, 7) is 0. The van der Waals surface area contributed by atoms with Gasteiger partial charge in [0, 0.05) is 12.1 Å². The quantitative estimate of drug-likeness (QED) is 0.422. The molecule has 18 heavy (non-hydrogen) atoms. The van der Waals surface area contributed by atoms with Gasteiger partial charge in [-0.3, -0.25) is 0 Å². The summed E-state index contributed by atoms with van der Waals surface area (Å²) in [4.78, 5) is 0. The second-order valence-electron chi connectivity index (χ2n) is 3.14. The number of alkyl halides is 4. The maximum absolute atomic E-state index is 12.8. The number of hydrogen-bond acceptors (Lipinski definition) is 0. The van der Waals surface area contributed by atoms with Gasteiger partial charge in [-0.15, -0.1) is 0 Å². The topological polar surface area (TPSA) is 3.88 Å². The fraction of sp³-hybridized carbons (Fsp3) is 0.375. The van der Waals surface area contributed by atoms with E-state index >= 15 is 0 Å². The van der Waals surface area contributed by atoms with Gasteiger partial charge >= 0.3 is 13.4 Å². The first kappa shape index (κ1) is 16.7. The summed E-state index contributed by atoms with van der Waals surface area (Å²) in [5.74, 6) is 0. The van der Waals surface area contributed by atoms with Crippen LogP contribution >= 0.6 is 0 Å². The van der Waals surface area contributed by atoms with Crippen LogP contribution in [0.25, 0.3) is 0 Å². The van der Waals surface area contributed by atoms with Crippen LogP contribution in [0.15, 0.2) is 24.4 Å². The van der Waals surface area contributed by atoms with E-state index in [-0.39, 0.29) is 0 Å². The number of hydrogen-bond donors (Lipinski definition) is 0. The van der Waals surface area contributed by atoms with Gasteiger partial charge in [0.05, 0.1) is 0 Å². The van der Waals surface area contributed by atoms with E-state index in [2.05, 4.69) is 0 Å². The van der Waals surface area contributed by atoms with E-state index < -0.39 is 25.3 Å². The Bertz CT molecular complexity index is 368. The summed E-state index contributed by atoms with van der Waals surface area (Å²) in [6.07, 6.45) is -6.38. The number of pyridine rings is 1. The molecule has 0 amide bonds. The molecule has 0 radical (unpaired) electrons. The molecule has 1 nitrogen and oxygen atoms in total. The average molecular weight is 281 g/mol. The Morgan fingerprint density at radius 3 is 1.89 bits per heavy atom. The third kappa shape index (κ3) is 7.07. The zero-order chi connectivity index (χ0) is 14.6. The molecule has 1 aromatic rings. The number of nitrogens with zero attached hydrogens (tertiary/aromatic N) is 1. The first-order valence-corrected chi connectivity index (χ1v) is 4.45. The third-order valence-electron chi connectivity index (χ3n) is 1.64. The van der Waals surface area contributed by atoms with E-state index in [0.717, 1.165) is 10.6 Å². The Labute approximate surface area is 97.1 Å². The Morgan fingerprint density at radius 2 is 1.56 bits per heavy atom. The van der Waals surface area contributed by atoms with Gasteiger partial charge in [0.15, 0.2) is 6.20 Å². The first-order valence-electron chi connectivity index (χ1n) is 4.45. The van der Waals surface area contributed by atoms with E-state index in [4.69, 9.17) is 0 Å². The van der Waals surface area contributed by atoms with Crippen LogP contribution in [0.4, 0.5) is 34.8 Å². The highest BCUT2D eigenvalue weighted by Crippen LogP contribution is 2.33. The second-order valence-corrected chi connectivity index (χ2v) is 3.14. The van der Waals surface area contributed by atoms with Gasteiger partial charge < -0.3 is 17.3 Å². The summed E-state index contributed by atoms with van der Waals surface area (Å²) < 4.78 is 88.6. The Hall–Kier alpha value is -1.35. The van der Waals surface area contributed by atoms with Gasteiger partial charge in [-0.1, -0.05) is 0 Å². The molecule has 1 rings (SSSR count). The standard InChI is InChI=1S/C8H8F4N.BF4/c1-13-5-3-2-4-6(13)7(9)8(10,11)12;2-1(3,4)5/h2-5,7H,1H3;/q+1;-1. The van der Waals surface area contributed by atoms with Gasteiger partial charge in [0.1, 0.15) is 7.05 Å². The molecular weight excluding hydrogens is 273 g/mol. The third-order valence-corrected chi connectivity index (χ3v) is 1.64. The van der Waals surface area contributed by atoms with Crippen molar-refractivity contribution in [2.45, 2.75) is 12.3 Å². The van der Waals surface area contributed by atoms with E-state index in [1.54, 1.807) is 0 Å². The van der Waals surface area contributed by atoms with E-state index in [1.165, 1.54) is 25.4 Å². The molecule has 0 bridgehead atoms. The molecule has 0 saturated heterocycles. The Balaban J connectivity index is 0.000000494. The lowest BCUT2D eigenvalue weighted by Crippen LogP contribution is -2.37. The molecule has 0 spiro atoms. The fourth-order valence-corrected chi connectivity index (χ4v) is 0.968. The molecule has 0 aromatic carbocycles. The number of aryl methyl sites for hydroxylation is 1. The number of aromatic nitrogens is 1. The Kier molecular flexibility index (Phi) is 5.56. The van der Waals surface area contributed by atoms with Crippen molar-refractivity contribution in [3.05, 3.63) is 30.1 Å². The van der Waals surface area contributed by atoms with E-state index in [0.29, 0.717) is 0 Å². The molecule has 1 unspecified atom stereocenters.